The number of carbonyl (C=O) groups excluding carboxylic acids is 1. The number of hydrogen-bond acceptors (Lipinski definition) is 3. The van der Waals surface area contributed by atoms with Gasteiger partial charge in [-0.3, -0.25) is 14.7 Å². The highest BCUT2D eigenvalue weighted by Crippen LogP contribution is 2.16. The Bertz CT molecular complexity index is 591. The second-order valence-electron chi connectivity index (χ2n) is 4.47. The summed E-state index contributed by atoms with van der Waals surface area (Å²) in [6, 6.07) is 8.85. The number of carboxylic acid groups (broad SMARTS) is 1. The molecule has 20 heavy (non-hydrogen) atoms. The average Bonchev–Trinajstić information content (AvgIpc) is 2.89. The minimum absolute atomic E-state index is 0.0845. The zero-order chi connectivity index (χ0) is 14.5. The summed E-state index contributed by atoms with van der Waals surface area (Å²) in [6.07, 6.45) is 1.64. The fraction of sp³-hybridized carbons (Fsp3) is 0.214. The van der Waals surface area contributed by atoms with Crippen LogP contribution in [0.25, 0.3) is 0 Å². The summed E-state index contributed by atoms with van der Waals surface area (Å²) in [7, 11) is 0. The number of H-pyrrole nitrogens is 1. The van der Waals surface area contributed by atoms with Gasteiger partial charge in [0.1, 0.15) is 6.54 Å². The van der Waals surface area contributed by atoms with Crippen molar-refractivity contribution in [2.75, 3.05) is 11.4 Å². The van der Waals surface area contributed by atoms with Gasteiger partial charge in [0.15, 0.2) is 0 Å². The maximum absolute atomic E-state index is 12.2. The molecular weight excluding hydrogens is 258 g/mol. The number of carboxylic acids is 1. The number of carbonyl (C=O) groups is 2. The molecule has 0 radical (unpaired) electrons. The van der Waals surface area contributed by atoms with Crippen LogP contribution in [0.3, 0.4) is 0 Å². The van der Waals surface area contributed by atoms with Crippen LogP contribution in [-0.4, -0.2) is 33.7 Å². The van der Waals surface area contributed by atoms with Crippen LogP contribution >= 0.6 is 0 Å². The fourth-order valence-electron chi connectivity index (χ4n) is 1.82. The van der Waals surface area contributed by atoms with Crippen LogP contribution in [-0.2, 0) is 16.0 Å². The highest BCUT2D eigenvalue weighted by molar-refractivity contribution is 5.98. The number of anilines is 1. The monoisotopic (exact) mass is 273 g/mol. The van der Waals surface area contributed by atoms with Crippen LogP contribution in [0, 0.1) is 6.92 Å². The van der Waals surface area contributed by atoms with Gasteiger partial charge in [-0.25, -0.2) is 0 Å². The minimum Gasteiger partial charge on any atom is -0.480 e. The lowest BCUT2D eigenvalue weighted by molar-refractivity contribution is -0.136. The van der Waals surface area contributed by atoms with Crippen molar-refractivity contribution in [3.05, 3.63) is 47.8 Å². The Balaban J connectivity index is 2.20. The molecule has 0 bridgehead atoms. The number of nitrogens with one attached hydrogen (secondary N) is 1. The summed E-state index contributed by atoms with van der Waals surface area (Å²) in [5.74, 6) is -1.34. The Morgan fingerprint density at radius 1 is 1.25 bits per heavy atom. The van der Waals surface area contributed by atoms with Crippen molar-refractivity contribution in [2.45, 2.75) is 13.3 Å². The molecule has 104 valence electrons. The molecule has 1 aromatic carbocycles. The molecule has 0 aliphatic carbocycles. The van der Waals surface area contributed by atoms with E-state index in [9.17, 15) is 9.59 Å². The second-order valence-corrected chi connectivity index (χ2v) is 4.47. The van der Waals surface area contributed by atoms with Gasteiger partial charge in [-0.15, -0.1) is 0 Å². The number of rotatable bonds is 5. The van der Waals surface area contributed by atoms with Crippen LogP contribution < -0.4 is 4.90 Å². The van der Waals surface area contributed by atoms with Gasteiger partial charge in [0.05, 0.1) is 6.42 Å². The van der Waals surface area contributed by atoms with E-state index in [1.807, 2.05) is 19.1 Å². The van der Waals surface area contributed by atoms with Crippen LogP contribution in [0.15, 0.2) is 36.5 Å². The van der Waals surface area contributed by atoms with Crippen LogP contribution in [0.2, 0.25) is 0 Å². The summed E-state index contributed by atoms with van der Waals surface area (Å²) < 4.78 is 0. The van der Waals surface area contributed by atoms with Gasteiger partial charge in [0.2, 0.25) is 5.91 Å². The van der Waals surface area contributed by atoms with Gasteiger partial charge in [-0.1, -0.05) is 17.7 Å². The zero-order valence-corrected chi connectivity index (χ0v) is 11.0. The molecule has 1 amide bonds. The van der Waals surface area contributed by atoms with Crippen molar-refractivity contribution in [3.8, 4) is 0 Å². The van der Waals surface area contributed by atoms with E-state index in [0.717, 1.165) is 5.56 Å². The quantitative estimate of drug-likeness (QED) is 0.861. The predicted molar refractivity (Wildman–Crippen MR) is 73.5 cm³/mol. The first-order valence-electron chi connectivity index (χ1n) is 6.13. The molecule has 1 heterocycles. The molecule has 0 aliphatic heterocycles. The summed E-state index contributed by atoms with van der Waals surface area (Å²) in [5.41, 5.74) is 2.27. The van der Waals surface area contributed by atoms with Crippen LogP contribution in [0.5, 0.6) is 0 Å². The Morgan fingerprint density at radius 3 is 2.50 bits per heavy atom. The highest BCUT2D eigenvalue weighted by atomic mass is 16.4. The molecule has 6 heteroatoms. The molecule has 0 atom stereocenters. The van der Waals surface area contributed by atoms with Crippen molar-refractivity contribution in [3.63, 3.8) is 0 Å². The number of aliphatic carboxylic acids is 1. The number of nitrogens with zero attached hydrogens (tertiary/aromatic N) is 2. The number of aromatic nitrogens is 2. The summed E-state index contributed by atoms with van der Waals surface area (Å²) in [6.45, 7) is 1.56. The second kappa shape index (κ2) is 6.01. The first kappa shape index (κ1) is 13.8. The van der Waals surface area contributed by atoms with Gasteiger partial charge in [0.25, 0.3) is 0 Å². The zero-order valence-electron chi connectivity index (χ0n) is 11.0. The third-order valence-corrected chi connectivity index (χ3v) is 2.84. The maximum atomic E-state index is 12.2. The third-order valence-electron chi connectivity index (χ3n) is 2.84. The largest absolute Gasteiger partial charge is 0.480 e. The Morgan fingerprint density at radius 2 is 1.95 bits per heavy atom. The van der Waals surface area contributed by atoms with Crippen molar-refractivity contribution < 1.29 is 14.7 Å². The Labute approximate surface area is 116 Å². The van der Waals surface area contributed by atoms with Gasteiger partial charge in [0, 0.05) is 17.6 Å². The normalized spacial score (nSPS) is 10.2. The van der Waals surface area contributed by atoms with E-state index in [-0.39, 0.29) is 18.9 Å². The van der Waals surface area contributed by atoms with Crippen molar-refractivity contribution in [1.29, 1.82) is 0 Å². The molecule has 2 N–H and O–H groups in total. The molecule has 2 aromatic rings. The van der Waals surface area contributed by atoms with Gasteiger partial charge >= 0.3 is 5.97 Å². The predicted octanol–water partition coefficient (Wildman–Crippen LogP) is 1.38. The lowest BCUT2D eigenvalue weighted by Crippen LogP contribution is -2.36. The first-order valence-corrected chi connectivity index (χ1v) is 6.13. The molecule has 2 rings (SSSR count). The number of aryl methyl sites for hydroxylation is 1. The van der Waals surface area contributed by atoms with Crippen molar-refractivity contribution in [2.24, 2.45) is 0 Å². The Kier molecular flexibility index (Phi) is 4.14. The van der Waals surface area contributed by atoms with E-state index in [2.05, 4.69) is 10.2 Å². The molecular formula is C14H15N3O3. The fourth-order valence-corrected chi connectivity index (χ4v) is 1.82. The summed E-state index contributed by atoms with van der Waals surface area (Å²) >= 11 is 0. The van der Waals surface area contributed by atoms with E-state index < -0.39 is 5.97 Å². The SMILES string of the molecule is Cc1ccc(N(CC(=O)O)C(=O)Cc2ccn[nH]2)cc1. The standard InChI is InChI=1S/C14H15N3O3/c1-10-2-4-12(5-3-10)17(9-14(19)20)13(18)8-11-6-7-15-16-11/h2-7H,8-9H2,1H3,(H,15,16)(H,19,20). The third kappa shape index (κ3) is 3.44. The Hall–Kier alpha value is -2.63. The highest BCUT2D eigenvalue weighted by Gasteiger charge is 2.19. The maximum Gasteiger partial charge on any atom is 0.323 e. The van der Waals surface area contributed by atoms with Gasteiger partial charge in [-0.05, 0) is 25.1 Å². The van der Waals surface area contributed by atoms with Gasteiger partial charge in [-0.2, -0.15) is 5.10 Å². The van der Waals surface area contributed by atoms with Crippen molar-refractivity contribution >= 4 is 17.6 Å². The molecule has 6 nitrogen and oxygen atoms in total. The molecule has 0 fully saturated rings. The topological polar surface area (TPSA) is 86.3 Å². The molecule has 0 spiro atoms. The van der Waals surface area contributed by atoms with Crippen LogP contribution in [0.4, 0.5) is 5.69 Å². The number of benzene rings is 1. The summed E-state index contributed by atoms with van der Waals surface area (Å²) in [4.78, 5) is 24.4. The van der Waals surface area contributed by atoms with E-state index >= 15 is 0 Å². The van der Waals surface area contributed by atoms with E-state index in [4.69, 9.17) is 5.11 Å². The van der Waals surface area contributed by atoms with E-state index in [1.54, 1.807) is 24.4 Å². The average molecular weight is 273 g/mol. The van der Waals surface area contributed by atoms with Gasteiger partial charge < -0.3 is 10.0 Å². The molecule has 0 saturated carbocycles. The molecule has 0 saturated heterocycles. The smallest absolute Gasteiger partial charge is 0.323 e. The van der Waals surface area contributed by atoms with Crippen molar-refractivity contribution in [1.82, 2.24) is 10.2 Å². The number of amides is 1. The molecule has 1 aromatic heterocycles. The lowest BCUT2D eigenvalue weighted by Gasteiger charge is -2.20. The van der Waals surface area contributed by atoms with E-state index in [1.165, 1.54) is 4.90 Å². The number of hydrogen-bond donors (Lipinski definition) is 2. The number of aromatic amines is 1. The summed E-state index contributed by atoms with van der Waals surface area (Å²) in [5, 5.41) is 15.4. The first-order chi connectivity index (χ1) is 9.56. The lowest BCUT2D eigenvalue weighted by atomic mass is 10.2. The minimum atomic E-state index is -1.05. The van der Waals surface area contributed by atoms with E-state index in [0.29, 0.717) is 11.4 Å². The molecule has 0 unspecified atom stereocenters. The molecule has 0 aliphatic rings. The van der Waals surface area contributed by atoms with Crippen LogP contribution in [0.1, 0.15) is 11.3 Å².